The molecular weight excluding hydrogens is 297 g/mol. The van der Waals surface area contributed by atoms with E-state index in [2.05, 4.69) is 65.5 Å². The molecule has 0 amide bonds. The molecule has 1 fully saturated rings. The van der Waals surface area contributed by atoms with Crippen molar-refractivity contribution in [3.8, 4) is 11.1 Å². The van der Waals surface area contributed by atoms with Gasteiger partial charge in [-0.2, -0.15) is 0 Å². The van der Waals surface area contributed by atoms with E-state index in [9.17, 15) is 0 Å². The number of nitrogens with zero attached hydrogens (tertiary/aromatic N) is 1. The summed E-state index contributed by atoms with van der Waals surface area (Å²) in [5, 5.41) is 0. The molecule has 0 saturated carbocycles. The number of para-hydroxylation sites is 1. The predicted octanol–water partition coefficient (Wildman–Crippen LogP) is 4.52. The van der Waals surface area contributed by atoms with E-state index in [0.717, 1.165) is 11.4 Å². The van der Waals surface area contributed by atoms with Crippen LogP contribution in [0, 0.1) is 0 Å². The second-order valence-corrected chi connectivity index (χ2v) is 5.67. The number of benzene rings is 3. The summed E-state index contributed by atoms with van der Waals surface area (Å²) in [6.07, 6.45) is 0. The van der Waals surface area contributed by atoms with Crippen molar-refractivity contribution in [2.24, 2.45) is 0 Å². The summed E-state index contributed by atoms with van der Waals surface area (Å²) < 4.78 is 11.5. The van der Waals surface area contributed by atoms with Crippen LogP contribution in [0.2, 0.25) is 0 Å². The molecule has 1 saturated heterocycles. The van der Waals surface area contributed by atoms with E-state index in [1.54, 1.807) is 0 Å². The van der Waals surface area contributed by atoms with Crippen LogP contribution in [0.3, 0.4) is 0 Å². The highest BCUT2D eigenvalue weighted by atomic mass is 16.6. The van der Waals surface area contributed by atoms with Gasteiger partial charge in [-0.25, -0.2) is 0 Å². The average Bonchev–Trinajstić information content (AvgIpc) is 3.18. The Morgan fingerprint density at radius 2 is 1.08 bits per heavy atom. The summed E-state index contributed by atoms with van der Waals surface area (Å²) in [6.45, 7) is 1.24. The maximum atomic E-state index is 5.74. The molecule has 1 heterocycles. The first kappa shape index (κ1) is 15.0. The van der Waals surface area contributed by atoms with Crippen molar-refractivity contribution in [1.82, 2.24) is 0 Å². The Labute approximate surface area is 142 Å². The number of anilines is 2. The Balaban J connectivity index is 1.68. The van der Waals surface area contributed by atoms with Crippen LogP contribution in [0.25, 0.3) is 11.1 Å². The summed E-state index contributed by atoms with van der Waals surface area (Å²) in [6, 6.07) is 29.1. The standard InChI is InChI=1S/C20H18BNO2/c1-3-7-17(8-4-1)18-11-13-20(14-12-18)22(21-23-15-16-24-21)19-9-5-2-6-10-19/h1-14H,15-16H2. The highest BCUT2D eigenvalue weighted by Crippen LogP contribution is 2.30. The normalized spacial score (nSPS) is 13.9. The fourth-order valence-corrected chi connectivity index (χ4v) is 2.92. The fraction of sp³-hybridized carbons (Fsp3) is 0.100. The molecule has 0 atom stereocenters. The van der Waals surface area contributed by atoms with Crippen LogP contribution in [-0.2, 0) is 9.31 Å². The summed E-state index contributed by atoms with van der Waals surface area (Å²) in [7, 11) is -0.380. The van der Waals surface area contributed by atoms with Gasteiger partial charge in [0.15, 0.2) is 0 Å². The second kappa shape index (κ2) is 6.91. The highest BCUT2D eigenvalue weighted by molar-refractivity contribution is 6.52. The molecule has 1 aliphatic rings. The Hall–Kier alpha value is -2.56. The molecule has 0 aromatic heterocycles. The van der Waals surface area contributed by atoms with Gasteiger partial charge in [-0.15, -0.1) is 0 Å². The third-order valence-electron chi connectivity index (χ3n) is 4.10. The molecule has 4 rings (SSSR count). The van der Waals surface area contributed by atoms with Crippen molar-refractivity contribution >= 4 is 18.6 Å². The van der Waals surface area contributed by atoms with E-state index >= 15 is 0 Å². The molecule has 3 nitrogen and oxygen atoms in total. The molecule has 1 aliphatic heterocycles. The van der Waals surface area contributed by atoms with E-state index in [4.69, 9.17) is 9.31 Å². The van der Waals surface area contributed by atoms with Gasteiger partial charge in [-0.05, 0) is 35.4 Å². The molecule has 0 bridgehead atoms. The molecule has 24 heavy (non-hydrogen) atoms. The molecule has 118 valence electrons. The van der Waals surface area contributed by atoms with Gasteiger partial charge in [0.2, 0.25) is 0 Å². The zero-order valence-corrected chi connectivity index (χ0v) is 13.3. The molecule has 0 aliphatic carbocycles. The monoisotopic (exact) mass is 315 g/mol. The van der Waals surface area contributed by atoms with E-state index in [-0.39, 0.29) is 7.25 Å². The largest absolute Gasteiger partial charge is 0.598 e. The van der Waals surface area contributed by atoms with Gasteiger partial charge in [0.1, 0.15) is 0 Å². The quantitative estimate of drug-likeness (QED) is 0.661. The first-order chi connectivity index (χ1) is 11.9. The van der Waals surface area contributed by atoms with Gasteiger partial charge in [0, 0.05) is 11.4 Å². The van der Waals surface area contributed by atoms with Crippen LogP contribution in [-0.4, -0.2) is 20.5 Å². The topological polar surface area (TPSA) is 21.7 Å². The van der Waals surface area contributed by atoms with Crippen molar-refractivity contribution in [2.45, 2.75) is 0 Å². The van der Waals surface area contributed by atoms with Crippen LogP contribution >= 0.6 is 0 Å². The molecule has 3 aromatic carbocycles. The van der Waals surface area contributed by atoms with E-state index in [1.807, 2.05) is 24.3 Å². The maximum absolute atomic E-state index is 5.74. The van der Waals surface area contributed by atoms with Crippen LogP contribution in [0.1, 0.15) is 0 Å². The lowest BCUT2D eigenvalue weighted by atomic mass is 9.99. The zero-order chi connectivity index (χ0) is 16.2. The van der Waals surface area contributed by atoms with Gasteiger partial charge >= 0.3 is 7.25 Å². The summed E-state index contributed by atoms with van der Waals surface area (Å²) in [5.41, 5.74) is 4.51. The summed E-state index contributed by atoms with van der Waals surface area (Å²) >= 11 is 0. The van der Waals surface area contributed by atoms with Crippen LogP contribution < -0.4 is 4.81 Å². The predicted molar refractivity (Wildman–Crippen MR) is 98.1 cm³/mol. The zero-order valence-electron chi connectivity index (χ0n) is 13.3. The molecule has 0 unspecified atom stereocenters. The third-order valence-corrected chi connectivity index (χ3v) is 4.10. The molecule has 0 N–H and O–H groups in total. The second-order valence-electron chi connectivity index (χ2n) is 5.67. The van der Waals surface area contributed by atoms with E-state index in [1.165, 1.54) is 11.1 Å². The number of hydrogen-bond donors (Lipinski definition) is 0. The Morgan fingerprint density at radius 3 is 1.71 bits per heavy atom. The summed E-state index contributed by atoms with van der Waals surface area (Å²) in [5.74, 6) is 0. The fourth-order valence-electron chi connectivity index (χ4n) is 2.92. The van der Waals surface area contributed by atoms with Gasteiger partial charge in [0.05, 0.1) is 13.2 Å². The van der Waals surface area contributed by atoms with E-state index < -0.39 is 0 Å². The minimum absolute atomic E-state index is 0.380. The molecule has 4 heteroatoms. The number of hydrogen-bond acceptors (Lipinski definition) is 3. The Kier molecular flexibility index (Phi) is 4.32. The third kappa shape index (κ3) is 3.07. The molecule has 0 radical (unpaired) electrons. The Morgan fingerprint density at radius 1 is 0.583 bits per heavy atom. The lowest BCUT2D eigenvalue weighted by Crippen LogP contribution is -2.37. The van der Waals surface area contributed by atoms with Gasteiger partial charge in [0.25, 0.3) is 0 Å². The van der Waals surface area contributed by atoms with Crippen molar-refractivity contribution in [3.05, 3.63) is 84.9 Å². The maximum Gasteiger partial charge on any atom is 0.598 e. The molecule has 3 aromatic rings. The smallest absolute Gasteiger partial charge is 0.389 e. The highest BCUT2D eigenvalue weighted by Gasteiger charge is 2.34. The first-order valence-corrected chi connectivity index (χ1v) is 8.15. The lowest BCUT2D eigenvalue weighted by Gasteiger charge is -2.26. The number of rotatable bonds is 4. The van der Waals surface area contributed by atoms with Gasteiger partial charge in [-0.3, -0.25) is 0 Å². The minimum atomic E-state index is -0.380. The lowest BCUT2D eigenvalue weighted by molar-refractivity contribution is 0.365. The molecular formula is C20H18BNO2. The first-order valence-electron chi connectivity index (χ1n) is 8.15. The SMILES string of the molecule is c1ccc(-c2ccc(N(B3OCCO3)c3ccccc3)cc2)cc1. The minimum Gasteiger partial charge on any atom is -0.389 e. The van der Waals surface area contributed by atoms with Crippen LogP contribution in [0.5, 0.6) is 0 Å². The van der Waals surface area contributed by atoms with Crippen molar-refractivity contribution in [3.63, 3.8) is 0 Å². The van der Waals surface area contributed by atoms with Crippen molar-refractivity contribution in [1.29, 1.82) is 0 Å². The summed E-state index contributed by atoms with van der Waals surface area (Å²) in [4.78, 5) is 2.09. The van der Waals surface area contributed by atoms with E-state index in [0.29, 0.717) is 13.2 Å². The van der Waals surface area contributed by atoms with Gasteiger partial charge in [-0.1, -0.05) is 60.7 Å². The van der Waals surface area contributed by atoms with Crippen LogP contribution in [0.4, 0.5) is 11.4 Å². The van der Waals surface area contributed by atoms with Crippen LogP contribution in [0.15, 0.2) is 84.9 Å². The van der Waals surface area contributed by atoms with Crippen molar-refractivity contribution in [2.75, 3.05) is 18.0 Å². The van der Waals surface area contributed by atoms with Gasteiger partial charge < -0.3 is 14.1 Å². The van der Waals surface area contributed by atoms with Crippen molar-refractivity contribution < 1.29 is 9.31 Å². The molecule has 0 spiro atoms. The Bertz CT molecular complexity index is 772. The average molecular weight is 315 g/mol.